The number of hydroxylamine groups is 1. The molecule has 138 valence electrons. The summed E-state index contributed by atoms with van der Waals surface area (Å²) in [7, 11) is 0. The zero-order valence-electron chi connectivity index (χ0n) is 15.5. The van der Waals surface area contributed by atoms with Crippen molar-refractivity contribution in [3.05, 3.63) is 71.3 Å². The van der Waals surface area contributed by atoms with Crippen molar-refractivity contribution in [2.45, 2.75) is 27.2 Å². The van der Waals surface area contributed by atoms with Crippen LogP contribution in [0, 0.1) is 20.8 Å². The molecule has 0 aliphatic carbocycles. The van der Waals surface area contributed by atoms with Gasteiger partial charge in [-0.15, -0.1) is 0 Å². The SMILES string of the molecule is Cc1cc(C)nc(N=C(Cc2cc(C)ccc2Oc2cnccn2)NO)c1. The maximum absolute atomic E-state index is 9.57. The summed E-state index contributed by atoms with van der Waals surface area (Å²) >= 11 is 0. The smallest absolute Gasteiger partial charge is 0.237 e. The van der Waals surface area contributed by atoms with Gasteiger partial charge in [0.15, 0.2) is 5.82 Å². The predicted molar refractivity (Wildman–Crippen MR) is 103 cm³/mol. The highest BCUT2D eigenvalue weighted by molar-refractivity contribution is 5.86. The molecule has 0 fully saturated rings. The van der Waals surface area contributed by atoms with Gasteiger partial charge in [0.1, 0.15) is 11.6 Å². The summed E-state index contributed by atoms with van der Waals surface area (Å²) in [6, 6.07) is 9.62. The van der Waals surface area contributed by atoms with Gasteiger partial charge in [-0.05, 0) is 44.5 Å². The van der Waals surface area contributed by atoms with Crippen LogP contribution in [0.1, 0.15) is 22.4 Å². The molecule has 0 unspecified atom stereocenters. The number of nitrogens with zero attached hydrogens (tertiary/aromatic N) is 4. The van der Waals surface area contributed by atoms with Crippen molar-refractivity contribution in [3.63, 3.8) is 0 Å². The largest absolute Gasteiger partial charge is 0.437 e. The molecule has 2 aromatic heterocycles. The Morgan fingerprint density at radius 2 is 1.96 bits per heavy atom. The predicted octanol–water partition coefficient (Wildman–Crippen LogP) is 3.84. The molecule has 0 aliphatic heterocycles. The van der Waals surface area contributed by atoms with E-state index < -0.39 is 0 Å². The Hall–Kier alpha value is -3.32. The summed E-state index contributed by atoms with van der Waals surface area (Å²) in [6.45, 7) is 5.88. The van der Waals surface area contributed by atoms with E-state index in [4.69, 9.17) is 4.74 Å². The molecule has 0 amide bonds. The van der Waals surface area contributed by atoms with Crippen LogP contribution in [0.5, 0.6) is 11.6 Å². The third-order valence-electron chi connectivity index (χ3n) is 3.79. The molecule has 7 nitrogen and oxygen atoms in total. The van der Waals surface area contributed by atoms with Gasteiger partial charge >= 0.3 is 0 Å². The van der Waals surface area contributed by atoms with Crippen LogP contribution in [0.3, 0.4) is 0 Å². The summed E-state index contributed by atoms with van der Waals surface area (Å²) in [5.74, 6) is 1.92. The van der Waals surface area contributed by atoms with Crippen molar-refractivity contribution in [1.82, 2.24) is 20.4 Å². The molecule has 27 heavy (non-hydrogen) atoms. The van der Waals surface area contributed by atoms with Gasteiger partial charge in [0.2, 0.25) is 5.88 Å². The van der Waals surface area contributed by atoms with Gasteiger partial charge in [0.05, 0.1) is 6.20 Å². The van der Waals surface area contributed by atoms with Gasteiger partial charge in [0.25, 0.3) is 0 Å². The van der Waals surface area contributed by atoms with E-state index in [0.717, 1.165) is 22.4 Å². The van der Waals surface area contributed by atoms with Gasteiger partial charge in [-0.3, -0.25) is 15.7 Å². The molecule has 0 bridgehead atoms. The molecular weight excluding hydrogens is 342 g/mol. The van der Waals surface area contributed by atoms with E-state index >= 15 is 0 Å². The maximum atomic E-state index is 9.57. The van der Waals surface area contributed by atoms with Crippen LogP contribution in [-0.4, -0.2) is 26.0 Å². The van der Waals surface area contributed by atoms with Crippen LogP contribution >= 0.6 is 0 Å². The zero-order valence-corrected chi connectivity index (χ0v) is 15.5. The Balaban J connectivity index is 1.90. The Morgan fingerprint density at radius 3 is 2.67 bits per heavy atom. The van der Waals surface area contributed by atoms with Crippen LogP contribution in [0.2, 0.25) is 0 Å². The lowest BCUT2D eigenvalue weighted by atomic mass is 10.1. The van der Waals surface area contributed by atoms with Crippen molar-refractivity contribution in [2.75, 3.05) is 0 Å². The number of aromatic nitrogens is 3. The highest BCUT2D eigenvalue weighted by Gasteiger charge is 2.11. The first-order valence-electron chi connectivity index (χ1n) is 8.50. The topological polar surface area (TPSA) is 92.5 Å². The number of amidine groups is 1. The number of hydrogen-bond donors (Lipinski definition) is 2. The molecule has 0 saturated heterocycles. The number of aliphatic imine (C=N–C) groups is 1. The van der Waals surface area contributed by atoms with Crippen molar-refractivity contribution in [3.8, 4) is 11.6 Å². The molecule has 0 aliphatic rings. The number of rotatable bonds is 5. The minimum Gasteiger partial charge on any atom is -0.437 e. The average Bonchev–Trinajstić information content (AvgIpc) is 2.63. The number of nitrogens with one attached hydrogen (secondary N) is 1. The summed E-state index contributed by atoms with van der Waals surface area (Å²) in [5, 5.41) is 9.57. The van der Waals surface area contributed by atoms with E-state index in [0.29, 0.717) is 29.7 Å². The first-order chi connectivity index (χ1) is 13.0. The van der Waals surface area contributed by atoms with E-state index in [1.165, 1.54) is 0 Å². The first-order valence-corrected chi connectivity index (χ1v) is 8.50. The standard InChI is InChI=1S/C20H21N5O2/c1-13-4-5-17(27-20-12-21-6-7-22-20)16(9-13)11-19(25-26)24-18-10-14(2)8-15(3)23-18/h4-10,12,26H,11H2,1-3H3,(H,23,24,25). The van der Waals surface area contributed by atoms with Crippen LogP contribution in [0.15, 0.2) is 53.9 Å². The third-order valence-corrected chi connectivity index (χ3v) is 3.79. The number of hydrogen-bond acceptors (Lipinski definition) is 6. The maximum Gasteiger partial charge on any atom is 0.237 e. The molecule has 3 rings (SSSR count). The van der Waals surface area contributed by atoms with E-state index in [9.17, 15) is 5.21 Å². The molecule has 0 spiro atoms. The second-order valence-electron chi connectivity index (χ2n) is 6.25. The summed E-state index contributed by atoms with van der Waals surface area (Å²) in [5.41, 5.74) is 6.02. The monoisotopic (exact) mass is 363 g/mol. The molecule has 0 radical (unpaired) electrons. The van der Waals surface area contributed by atoms with Crippen LogP contribution in [0.25, 0.3) is 0 Å². The number of pyridine rings is 1. The Kier molecular flexibility index (Phi) is 5.73. The summed E-state index contributed by atoms with van der Waals surface area (Å²) < 4.78 is 5.84. The first kappa shape index (κ1) is 18.5. The van der Waals surface area contributed by atoms with E-state index in [1.807, 2.05) is 51.1 Å². The molecule has 3 aromatic rings. The third kappa shape index (κ3) is 5.08. The lowest BCUT2D eigenvalue weighted by molar-refractivity contribution is 0.232. The Bertz CT molecular complexity index is 938. The van der Waals surface area contributed by atoms with Crippen molar-refractivity contribution in [1.29, 1.82) is 0 Å². The number of aryl methyl sites for hydroxylation is 3. The second kappa shape index (κ2) is 8.37. The quantitative estimate of drug-likeness (QED) is 0.406. The minimum absolute atomic E-state index is 0.336. The highest BCUT2D eigenvalue weighted by atomic mass is 16.5. The van der Waals surface area contributed by atoms with E-state index in [-0.39, 0.29) is 0 Å². The molecule has 0 saturated carbocycles. The fraction of sp³-hybridized carbons (Fsp3) is 0.200. The van der Waals surface area contributed by atoms with Crippen molar-refractivity contribution < 1.29 is 9.94 Å². The zero-order chi connectivity index (χ0) is 19.2. The molecular formula is C20H21N5O2. The number of ether oxygens (including phenoxy) is 1. The van der Waals surface area contributed by atoms with Gasteiger partial charge in [-0.1, -0.05) is 17.7 Å². The summed E-state index contributed by atoms with van der Waals surface area (Å²) in [4.78, 5) is 17.0. The number of benzene rings is 1. The molecule has 2 N–H and O–H groups in total. The molecule has 7 heteroatoms. The lowest BCUT2D eigenvalue weighted by Crippen LogP contribution is -2.21. The summed E-state index contributed by atoms with van der Waals surface area (Å²) in [6.07, 6.45) is 5.03. The molecule has 2 heterocycles. The van der Waals surface area contributed by atoms with Crippen molar-refractivity contribution >= 4 is 11.7 Å². The van der Waals surface area contributed by atoms with Crippen LogP contribution in [0.4, 0.5) is 5.82 Å². The Morgan fingerprint density at radius 1 is 1.11 bits per heavy atom. The fourth-order valence-corrected chi connectivity index (χ4v) is 2.70. The van der Waals surface area contributed by atoms with Crippen molar-refractivity contribution in [2.24, 2.45) is 4.99 Å². The van der Waals surface area contributed by atoms with Crippen LogP contribution in [-0.2, 0) is 6.42 Å². The van der Waals surface area contributed by atoms with Gasteiger partial charge in [-0.25, -0.2) is 15.0 Å². The fourth-order valence-electron chi connectivity index (χ4n) is 2.70. The Labute approximate surface area is 157 Å². The van der Waals surface area contributed by atoms with Gasteiger partial charge in [0, 0.05) is 30.1 Å². The van der Waals surface area contributed by atoms with E-state index in [2.05, 4.69) is 25.4 Å². The highest BCUT2D eigenvalue weighted by Crippen LogP contribution is 2.25. The lowest BCUT2D eigenvalue weighted by Gasteiger charge is -2.12. The van der Waals surface area contributed by atoms with E-state index in [1.54, 1.807) is 18.6 Å². The second-order valence-corrected chi connectivity index (χ2v) is 6.25. The normalized spacial score (nSPS) is 11.3. The molecule has 1 aromatic carbocycles. The minimum atomic E-state index is 0.336. The van der Waals surface area contributed by atoms with Crippen LogP contribution < -0.4 is 10.2 Å². The van der Waals surface area contributed by atoms with Gasteiger partial charge < -0.3 is 4.74 Å². The average molecular weight is 363 g/mol. The molecule has 0 atom stereocenters. The van der Waals surface area contributed by atoms with Gasteiger partial charge in [-0.2, -0.15) is 0 Å².